The molecule has 0 aliphatic carbocycles. The Morgan fingerprint density at radius 3 is 2.52 bits per heavy atom. The van der Waals surface area contributed by atoms with Crippen LogP contribution < -0.4 is 15.5 Å². The van der Waals surface area contributed by atoms with Gasteiger partial charge in [-0.15, -0.1) is 0 Å². The molecule has 0 atom stereocenters. The monoisotopic (exact) mass is 339 g/mol. The molecule has 2 aromatic rings. The maximum absolute atomic E-state index is 11.9. The highest BCUT2D eigenvalue weighted by Gasteiger charge is 2.13. The van der Waals surface area contributed by atoms with Crippen LogP contribution in [0.2, 0.25) is 0 Å². The minimum Gasteiger partial charge on any atom is -0.376 e. The van der Waals surface area contributed by atoms with E-state index in [1.54, 1.807) is 6.20 Å². The van der Waals surface area contributed by atoms with E-state index in [0.717, 1.165) is 37.6 Å². The van der Waals surface area contributed by atoms with E-state index in [2.05, 4.69) is 44.6 Å². The molecule has 0 bridgehead atoms. The molecule has 1 amide bonds. The Labute approximate surface area is 148 Å². The van der Waals surface area contributed by atoms with Gasteiger partial charge in [0, 0.05) is 43.8 Å². The predicted molar refractivity (Wildman–Crippen MR) is 101 cm³/mol. The Bertz CT molecular complexity index is 666. The Hall–Kier alpha value is -2.60. The Morgan fingerprint density at radius 2 is 1.84 bits per heavy atom. The van der Waals surface area contributed by atoms with Crippen molar-refractivity contribution >= 4 is 17.3 Å². The zero-order chi connectivity index (χ0) is 17.5. The highest BCUT2D eigenvalue weighted by Crippen LogP contribution is 2.19. The SMILES string of the molecule is CN1CCN(c2ccc(NCC(=O)NCc3ccccn3)cc2)CC1. The van der Waals surface area contributed by atoms with Gasteiger partial charge in [-0.2, -0.15) is 0 Å². The number of likely N-dealkylation sites (N-methyl/N-ethyl adjacent to an activating group) is 1. The molecule has 0 spiro atoms. The van der Waals surface area contributed by atoms with E-state index in [1.807, 2.05) is 30.3 Å². The fourth-order valence-corrected chi connectivity index (χ4v) is 2.79. The van der Waals surface area contributed by atoms with E-state index in [0.29, 0.717) is 6.54 Å². The minimum atomic E-state index is -0.0474. The number of amides is 1. The van der Waals surface area contributed by atoms with Gasteiger partial charge in [-0.05, 0) is 43.4 Å². The second-order valence-electron chi connectivity index (χ2n) is 6.29. The molecule has 1 saturated heterocycles. The lowest BCUT2D eigenvalue weighted by Gasteiger charge is -2.34. The zero-order valence-corrected chi connectivity index (χ0v) is 14.6. The summed E-state index contributed by atoms with van der Waals surface area (Å²) in [5.74, 6) is -0.0474. The van der Waals surface area contributed by atoms with Crippen LogP contribution in [0.5, 0.6) is 0 Å². The first kappa shape index (κ1) is 17.2. The van der Waals surface area contributed by atoms with Gasteiger partial charge in [0.1, 0.15) is 0 Å². The lowest BCUT2D eigenvalue weighted by molar-refractivity contribution is -0.119. The third-order valence-electron chi connectivity index (χ3n) is 4.38. The second-order valence-corrected chi connectivity index (χ2v) is 6.29. The zero-order valence-electron chi connectivity index (χ0n) is 14.6. The largest absolute Gasteiger partial charge is 0.376 e. The average molecular weight is 339 g/mol. The molecule has 1 aromatic heterocycles. The molecule has 1 aromatic carbocycles. The van der Waals surface area contributed by atoms with Crippen LogP contribution in [0.15, 0.2) is 48.7 Å². The van der Waals surface area contributed by atoms with Crippen LogP contribution in [0.4, 0.5) is 11.4 Å². The summed E-state index contributed by atoms with van der Waals surface area (Å²) in [7, 11) is 2.16. The normalized spacial score (nSPS) is 15.0. The van der Waals surface area contributed by atoms with E-state index in [4.69, 9.17) is 0 Å². The first-order valence-electron chi connectivity index (χ1n) is 8.65. The summed E-state index contributed by atoms with van der Waals surface area (Å²) < 4.78 is 0. The number of carbonyl (C=O) groups excluding carboxylic acids is 1. The summed E-state index contributed by atoms with van der Waals surface area (Å²) in [5, 5.41) is 6.02. The van der Waals surface area contributed by atoms with Crippen LogP contribution in [0.25, 0.3) is 0 Å². The number of rotatable bonds is 6. The summed E-state index contributed by atoms with van der Waals surface area (Å²) in [6.07, 6.45) is 1.72. The maximum atomic E-state index is 11.9. The van der Waals surface area contributed by atoms with Crippen LogP contribution >= 0.6 is 0 Å². The fraction of sp³-hybridized carbons (Fsp3) is 0.368. The molecule has 6 nitrogen and oxygen atoms in total. The maximum Gasteiger partial charge on any atom is 0.239 e. The van der Waals surface area contributed by atoms with Gasteiger partial charge in [-0.3, -0.25) is 9.78 Å². The average Bonchev–Trinajstić information content (AvgIpc) is 2.67. The van der Waals surface area contributed by atoms with Crippen molar-refractivity contribution in [1.29, 1.82) is 0 Å². The van der Waals surface area contributed by atoms with Crippen molar-refractivity contribution in [3.05, 3.63) is 54.4 Å². The van der Waals surface area contributed by atoms with Gasteiger partial charge in [0.2, 0.25) is 5.91 Å². The molecule has 132 valence electrons. The molecule has 2 N–H and O–H groups in total. The van der Waals surface area contributed by atoms with Crippen LogP contribution in [-0.2, 0) is 11.3 Å². The number of nitrogens with one attached hydrogen (secondary N) is 2. The molecule has 0 saturated carbocycles. The standard InChI is InChI=1S/C19H25N5O/c1-23-10-12-24(13-11-23)18-7-5-16(6-8-18)21-15-19(25)22-14-17-4-2-3-9-20-17/h2-9,21H,10-15H2,1H3,(H,22,25). The van der Waals surface area contributed by atoms with Gasteiger partial charge >= 0.3 is 0 Å². The summed E-state index contributed by atoms with van der Waals surface area (Å²) >= 11 is 0. The lowest BCUT2D eigenvalue weighted by atomic mass is 10.2. The third kappa shape index (κ3) is 5.19. The number of hydrogen-bond acceptors (Lipinski definition) is 5. The molecule has 2 heterocycles. The number of benzene rings is 1. The number of nitrogens with zero attached hydrogens (tertiary/aromatic N) is 3. The summed E-state index contributed by atoms with van der Waals surface area (Å²) in [5.41, 5.74) is 3.04. The first-order chi connectivity index (χ1) is 12.2. The molecule has 1 fully saturated rings. The van der Waals surface area contributed by atoms with E-state index >= 15 is 0 Å². The molecular formula is C19H25N5O. The van der Waals surface area contributed by atoms with Crippen LogP contribution in [0.1, 0.15) is 5.69 Å². The van der Waals surface area contributed by atoms with Crippen molar-refractivity contribution in [3.63, 3.8) is 0 Å². The topological polar surface area (TPSA) is 60.5 Å². The number of anilines is 2. The number of aromatic nitrogens is 1. The van der Waals surface area contributed by atoms with E-state index in [1.165, 1.54) is 5.69 Å². The van der Waals surface area contributed by atoms with Gasteiger partial charge < -0.3 is 20.4 Å². The fourth-order valence-electron chi connectivity index (χ4n) is 2.79. The van der Waals surface area contributed by atoms with Gasteiger partial charge in [-0.1, -0.05) is 6.07 Å². The first-order valence-corrected chi connectivity index (χ1v) is 8.65. The minimum absolute atomic E-state index is 0.0474. The van der Waals surface area contributed by atoms with Gasteiger partial charge in [-0.25, -0.2) is 0 Å². The van der Waals surface area contributed by atoms with Crippen molar-refractivity contribution in [1.82, 2.24) is 15.2 Å². The molecule has 6 heteroatoms. The summed E-state index contributed by atoms with van der Waals surface area (Å²) in [4.78, 5) is 20.8. The molecule has 1 aliphatic heterocycles. The third-order valence-corrected chi connectivity index (χ3v) is 4.38. The molecule has 25 heavy (non-hydrogen) atoms. The van der Waals surface area contributed by atoms with Gasteiger partial charge in [0.15, 0.2) is 0 Å². The van der Waals surface area contributed by atoms with Gasteiger partial charge in [0.05, 0.1) is 18.8 Å². The number of piperazine rings is 1. The Kier molecular flexibility index (Phi) is 5.85. The molecular weight excluding hydrogens is 314 g/mol. The smallest absolute Gasteiger partial charge is 0.239 e. The Morgan fingerprint density at radius 1 is 1.08 bits per heavy atom. The molecule has 0 unspecified atom stereocenters. The van der Waals surface area contributed by atoms with Gasteiger partial charge in [0.25, 0.3) is 0 Å². The predicted octanol–water partition coefficient (Wildman–Crippen LogP) is 1.56. The van der Waals surface area contributed by atoms with Crippen molar-refractivity contribution in [3.8, 4) is 0 Å². The van der Waals surface area contributed by atoms with E-state index in [9.17, 15) is 4.79 Å². The van der Waals surface area contributed by atoms with Crippen molar-refractivity contribution in [2.45, 2.75) is 6.54 Å². The highest BCUT2D eigenvalue weighted by atomic mass is 16.1. The highest BCUT2D eigenvalue weighted by molar-refractivity contribution is 5.80. The van der Waals surface area contributed by atoms with E-state index in [-0.39, 0.29) is 12.5 Å². The Balaban J connectivity index is 1.43. The molecule has 1 aliphatic rings. The molecule has 3 rings (SSSR count). The van der Waals surface area contributed by atoms with Crippen LogP contribution in [-0.4, -0.2) is 55.6 Å². The molecule has 0 radical (unpaired) electrons. The van der Waals surface area contributed by atoms with Crippen LogP contribution in [0.3, 0.4) is 0 Å². The summed E-state index contributed by atoms with van der Waals surface area (Å²) in [6, 6.07) is 13.9. The van der Waals surface area contributed by atoms with Crippen molar-refractivity contribution < 1.29 is 4.79 Å². The number of pyridine rings is 1. The quantitative estimate of drug-likeness (QED) is 0.836. The van der Waals surface area contributed by atoms with Crippen molar-refractivity contribution in [2.24, 2.45) is 0 Å². The van der Waals surface area contributed by atoms with E-state index < -0.39 is 0 Å². The lowest BCUT2D eigenvalue weighted by Crippen LogP contribution is -2.44. The summed E-state index contributed by atoms with van der Waals surface area (Å²) in [6.45, 7) is 5.00. The number of hydrogen-bond donors (Lipinski definition) is 2. The van der Waals surface area contributed by atoms with Crippen LogP contribution in [0, 0.1) is 0 Å². The number of carbonyl (C=O) groups is 1. The van der Waals surface area contributed by atoms with Crippen molar-refractivity contribution in [2.75, 3.05) is 50.0 Å². The second kappa shape index (κ2) is 8.48.